The molecule has 2 rings (SSSR count). The Morgan fingerprint density at radius 3 is 2.50 bits per heavy atom. The van der Waals surface area contributed by atoms with E-state index >= 15 is 0 Å². The predicted molar refractivity (Wildman–Crippen MR) is 85.8 cm³/mol. The molecule has 2 aromatic rings. The van der Waals surface area contributed by atoms with Crippen LogP contribution in [0, 0.1) is 0 Å². The first-order valence-corrected chi connectivity index (χ1v) is 7.55. The first-order chi connectivity index (χ1) is 9.43. The van der Waals surface area contributed by atoms with Crippen molar-refractivity contribution in [2.24, 2.45) is 0 Å². The highest BCUT2D eigenvalue weighted by Gasteiger charge is 2.17. The Bertz CT molecular complexity index is 647. The van der Waals surface area contributed by atoms with Gasteiger partial charge in [-0.05, 0) is 40.0 Å². The average molecular weight is 376 g/mol. The Morgan fingerprint density at radius 1 is 1.20 bits per heavy atom. The molecule has 0 unspecified atom stereocenters. The highest BCUT2D eigenvalue weighted by atomic mass is 79.9. The lowest BCUT2D eigenvalue weighted by atomic mass is 10.1. The normalized spacial score (nSPS) is 10.9. The molecule has 0 aliphatic rings. The van der Waals surface area contributed by atoms with Gasteiger partial charge in [-0.25, -0.2) is 9.97 Å². The maximum Gasteiger partial charge on any atom is 0.164 e. The van der Waals surface area contributed by atoms with Crippen LogP contribution < -0.4 is 4.74 Å². The van der Waals surface area contributed by atoms with Gasteiger partial charge in [0.25, 0.3) is 0 Å². The molecular weight excluding hydrogens is 363 g/mol. The number of nitrogens with zero attached hydrogens (tertiary/aromatic N) is 2. The molecule has 0 aliphatic carbocycles. The quantitative estimate of drug-likeness (QED) is 0.678. The maximum absolute atomic E-state index is 6.17. The van der Waals surface area contributed by atoms with Crippen molar-refractivity contribution in [1.29, 1.82) is 0 Å². The van der Waals surface area contributed by atoms with Crippen molar-refractivity contribution >= 4 is 39.1 Å². The zero-order valence-electron chi connectivity index (χ0n) is 11.2. The van der Waals surface area contributed by atoms with Crippen LogP contribution in [0.3, 0.4) is 0 Å². The summed E-state index contributed by atoms with van der Waals surface area (Å²) in [6, 6.07) is 5.32. The molecule has 106 valence electrons. The summed E-state index contributed by atoms with van der Waals surface area (Å²) in [6.45, 7) is 4.10. The van der Waals surface area contributed by atoms with E-state index in [0.29, 0.717) is 21.7 Å². The topological polar surface area (TPSA) is 35.0 Å². The molecule has 0 fully saturated rings. The Kier molecular flexibility index (Phi) is 4.89. The monoisotopic (exact) mass is 374 g/mol. The number of aromatic nitrogens is 2. The fourth-order valence-electron chi connectivity index (χ4n) is 1.79. The lowest BCUT2D eigenvalue weighted by Crippen LogP contribution is -2.01. The van der Waals surface area contributed by atoms with Gasteiger partial charge in [0, 0.05) is 5.02 Å². The van der Waals surface area contributed by atoms with Gasteiger partial charge >= 0.3 is 0 Å². The summed E-state index contributed by atoms with van der Waals surface area (Å²) in [6.07, 6.45) is 0. The molecule has 0 radical (unpaired) electrons. The molecule has 0 aliphatic heterocycles. The molecule has 1 heterocycles. The van der Waals surface area contributed by atoms with E-state index in [2.05, 4.69) is 25.9 Å². The van der Waals surface area contributed by atoms with Crippen molar-refractivity contribution in [2.45, 2.75) is 19.8 Å². The van der Waals surface area contributed by atoms with Crippen molar-refractivity contribution in [3.05, 3.63) is 38.5 Å². The summed E-state index contributed by atoms with van der Waals surface area (Å²) >= 11 is 15.6. The van der Waals surface area contributed by atoms with E-state index in [9.17, 15) is 0 Å². The first-order valence-electron chi connectivity index (χ1n) is 6.01. The van der Waals surface area contributed by atoms with Gasteiger partial charge in [-0.3, -0.25) is 0 Å². The zero-order valence-corrected chi connectivity index (χ0v) is 14.3. The maximum atomic E-state index is 6.17. The third-order valence-corrected chi connectivity index (χ3v) is 4.31. The van der Waals surface area contributed by atoms with E-state index in [1.165, 1.54) is 0 Å². The van der Waals surface area contributed by atoms with Gasteiger partial charge in [0.15, 0.2) is 5.82 Å². The molecule has 3 nitrogen and oxygen atoms in total. The largest absolute Gasteiger partial charge is 0.496 e. The number of halogens is 3. The molecule has 0 saturated heterocycles. The molecule has 0 bridgehead atoms. The van der Waals surface area contributed by atoms with Gasteiger partial charge in [-0.15, -0.1) is 0 Å². The van der Waals surface area contributed by atoms with E-state index in [-0.39, 0.29) is 5.92 Å². The molecule has 1 aromatic heterocycles. The van der Waals surface area contributed by atoms with Crippen LogP contribution in [0.4, 0.5) is 0 Å². The second-order valence-electron chi connectivity index (χ2n) is 4.54. The summed E-state index contributed by atoms with van der Waals surface area (Å²) in [5.41, 5.74) is 1.62. The fourth-order valence-corrected chi connectivity index (χ4v) is 2.76. The second kappa shape index (κ2) is 6.29. The van der Waals surface area contributed by atoms with E-state index in [1.54, 1.807) is 19.2 Å². The summed E-state index contributed by atoms with van der Waals surface area (Å²) in [5.74, 6) is 1.36. The smallest absolute Gasteiger partial charge is 0.164 e. The molecule has 0 spiro atoms. The minimum absolute atomic E-state index is 0.224. The number of hydrogen-bond acceptors (Lipinski definition) is 3. The van der Waals surface area contributed by atoms with Gasteiger partial charge in [0.05, 0.1) is 22.8 Å². The molecule has 0 saturated carbocycles. The number of ether oxygens (including phenoxy) is 1. The van der Waals surface area contributed by atoms with Crippen LogP contribution in [-0.2, 0) is 0 Å². The highest BCUT2D eigenvalue weighted by molar-refractivity contribution is 9.10. The van der Waals surface area contributed by atoms with Crippen LogP contribution >= 0.6 is 39.1 Å². The minimum atomic E-state index is 0.224. The number of benzene rings is 1. The lowest BCUT2D eigenvalue weighted by molar-refractivity contribution is 0.416. The minimum Gasteiger partial charge on any atom is -0.496 e. The van der Waals surface area contributed by atoms with Crippen LogP contribution in [0.15, 0.2) is 22.7 Å². The van der Waals surface area contributed by atoms with Crippen LogP contribution in [-0.4, -0.2) is 17.1 Å². The number of rotatable bonds is 3. The van der Waals surface area contributed by atoms with Crippen molar-refractivity contribution < 1.29 is 4.74 Å². The van der Waals surface area contributed by atoms with E-state index in [0.717, 1.165) is 15.7 Å². The molecule has 0 amide bonds. The van der Waals surface area contributed by atoms with Crippen LogP contribution in [0.5, 0.6) is 5.75 Å². The molecule has 1 aromatic carbocycles. The van der Waals surface area contributed by atoms with Crippen molar-refractivity contribution in [1.82, 2.24) is 9.97 Å². The fraction of sp³-hybridized carbons (Fsp3) is 0.286. The summed E-state index contributed by atoms with van der Waals surface area (Å²) in [4.78, 5) is 8.88. The van der Waals surface area contributed by atoms with E-state index in [4.69, 9.17) is 27.9 Å². The van der Waals surface area contributed by atoms with Gasteiger partial charge in [0.1, 0.15) is 10.9 Å². The summed E-state index contributed by atoms with van der Waals surface area (Å²) < 4.78 is 6.06. The number of hydrogen-bond donors (Lipinski definition) is 0. The van der Waals surface area contributed by atoms with Crippen molar-refractivity contribution in [3.8, 4) is 17.1 Å². The Hall–Kier alpha value is -0.840. The molecule has 0 atom stereocenters. The Labute approximate surface area is 136 Å². The van der Waals surface area contributed by atoms with Crippen LogP contribution in [0.2, 0.25) is 10.2 Å². The highest BCUT2D eigenvalue weighted by Crippen LogP contribution is 2.35. The average Bonchev–Trinajstić information content (AvgIpc) is 2.41. The van der Waals surface area contributed by atoms with Gasteiger partial charge < -0.3 is 4.74 Å². The Balaban J connectivity index is 2.64. The van der Waals surface area contributed by atoms with Crippen molar-refractivity contribution in [3.63, 3.8) is 0 Å². The number of methoxy groups -OCH3 is 1. The second-order valence-corrected chi connectivity index (χ2v) is 6.12. The lowest BCUT2D eigenvalue weighted by Gasteiger charge is -2.13. The molecular formula is C14H13BrCl2N2O. The SMILES string of the molecule is COc1cc(Cl)ccc1-c1nc(Cl)c(Br)c(C(C)C)n1. The molecule has 20 heavy (non-hydrogen) atoms. The third kappa shape index (κ3) is 3.08. The standard InChI is InChI=1S/C14H13BrCl2N2O/c1-7(2)12-11(15)13(17)19-14(18-12)9-5-4-8(16)6-10(9)20-3/h4-7H,1-3H3. The van der Waals surface area contributed by atoms with E-state index in [1.807, 2.05) is 19.9 Å². The van der Waals surface area contributed by atoms with Gasteiger partial charge in [0.2, 0.25) is 0 Å². The zero-order chi connectivity index (χ0) is 14.9. The first kappa shape index (κ1) is 15.5. The summed E-state index contributed by atoms with van der Waals surface area (Å²) in [7, 11) is 1.58. The molecule has 6 heteroatoms. The van der Waals surface area contributed by atoms with Crippen LogP contribution in [0.1, 0.15) is 25.5 Å². The van der Waals surface area contributed by atoms with Gasteiger partial charge in [-0.2, -0.15) is 0 Å². The van der Waals surface area contributed by atoms with E-state index < -0.39 is 0 Å². The van der Waals surface area contributed by atoms with Gasteiger partial charge in [-0.1, -0.05) is 37.0 Å². The van der Waals surface area contributed by atoms with Crippen LogP contribution in [0.25, 0.3) is 11.4 Å². The molecule has 0 N–H and O–H groups in total. The van der Waals surface area contributed by atoms with Crippen molar-refractivity contribution in [2.75, 3.05) is 7.11 Å². The summed E-state index contributed by atoms with van der Waals surface area (Å²) in [5, 5.41) is 0.980. The third-order valence-electron chi connectivity index (χ3n) is 2.79. The predicted octanol–water partition coefficient (Wildman–Crippen LogP) is 5.34. The Morgan fingerprint density at radius 2 is 1.90 bits per heavy atom.